The fourth-order valence-corrected chi connectivity index (χ4v) is 3.95. The summed E-state index contributed by atoms with van der Waals surface area (Å²) in [6.45, 7) is 5.27. The third-order valence-electron chi connectivity index (χ3n) is 4.16. The zero-order valence-electron chi connectivity index (χ0n) is 15.9. The molecule has 3 aromatic rings. The number of ether oxygens (including phenoxy) is 2. The van der Waals surface area contributed by atoms with E-state index in [0.717, 1.165) is 22.7 Å². The van der Waals surface area contributed by atoms with Gasteiger partial charge in [0.05, 0.1) is 26.0 Å². The van der Waals surface area contributed by atoms with E-state index in [9.17, 15) is 14.4 Å². The second-order valence-electron chi connectivity index (χ2n) is 6.03. The molecule has 0 unspecified atom stereocenters. The zero-order chi connectivity index (χ0) is 20.6. The lowest BCUT2D eigenvalue weighted by atomic mass is 10.1. The normalized spacial score (nSPS) is 10.8. The summed E-state index contributed by atoms with van der Waals surface area (Å²) in [7, 11) is 2.47. The number of esters is 2. The Bertz CT molecular complexity index is 1120. The number of amides is 1. The topological polar surface area (TPSA) is 112 Å². The van der Waals surface area contributed by atoms with Gasteiger partial charge in [-0.15, -0.1) is 11.3 Å². The standard InChI is InChI=1S/C18H18N4O5S/c1-8-6-9(2)22-14(20-8)11(7-19-22)15(23)21-16-12(17(24)26-4)10(3)13(28-16)18(25)27-5/h6-7H,1-5H3,(H,21,23). The van der Waals surface area contributed by atoms with Crippen molar-refractivity contribution in [3.8, 4) is 0 Å². The molecule has 10 heteroatoms. The molecule has 0 fully saturated rings. The summed E-state index contributed by atoms with van der Waals surface area (Å²) in [5.41, 5.74) is 2.71. The first-order valence-corrected chi connectivity index (χ1v) is 9.03. The number of methoxy groups -OCH3 is 2. The molecule has 3 rings (SSSR count). The van der Waals surface area contributed by atoms with Gasteiger partial charge in [-0.2, -0.15) is 5.10 Å². The maximum absolute atomic E-state index is 12.9. The van der Waals surface area contributed by atoms with Crippen LogP contribution in [-0.4, -0.2) is 46.7 Å². The number of nitrogens with zero attached hydrogens (tertiary/aromatic N) is 3. The molecule has 0 saturated carbocycles. The third-order valence-corrected chi connectivity index (χ3v) is 5.34. The average molecular weight is 402 g/mol. The van der Waals surface area contributed by atoms with Gasteiger partial charge in [0.1, 0.15) is 15.4 Å². The van der Waals surface area contributed by atoms with Crippen LogP contribution in [-0.2, 0) is 9.47 Å². The Kier molecular flexibility index (Phi) is 5.14. The van der Waals surface area contributed by atoms with Gasteiger partial charge in [0, 0.05) is 11.4 Å². The number of aryl methyl sites for hydroxylation is 2. The Hall–Kier alpha value is -3.27. The van der Waals surface area contributed by atoms with Gasteiger partial charge in [-0.05, 0) is 32.4 Å². The molecule has 1 N–H and O–H groups in total. The molecular weight excluding hydrogens is 384 g/mol. The Balaban J connectivity index is 2.05. The van der Waals surface area contributed by atoms with Crippen LogP contribution in [0.5, 0.6) is 0 Å². The van der Waals surface area contributed by atoms with E-state index in [0.29, 0.717) is 11.2 Å². The lowest BCUT2D eigenvalue weighted by Crippen LogP contribution is -2.14. The Morgan fingerprint density at radius 3 is 2.43 bits per heavy atom. The van der Waals surface area contributed by atoms with Gasteiger partial charge in [-0.3, -0.25) is 4.79 Å². The van der Waals surface area contributed by atoms with Crippen LogP contribution in [0.1, 0.15) is 47.3 Å². The van der Waals surface area contributed by atoms with Crippen molar-refractivity contribution in [2.24, 2.45) is 0 Å². The Morgan fingerprint density at radius 2 is 1.79 bits per heavy atom. The molecule has 0 radical (unpaired) electrons. The summed E-state index contributed by atoms with van der Waals surface area (Å²) in [5, 5.41) is 7.06. The molecule has 3 aromatic heterocycles. The number of hydrogen-bond acceptors (Lipinski definition) is 8. The molecule has 0 aliphatic heterocycles. The van der Waals surface area contributed by atoms with Crippen molar-refractivity contribution in [3.63, 3.8) is 0 Å². The average Bonchev–Trinajstić information content (AvgIpc) is 3.22. The number of aromatic nitrogens is 3. The summed E-state index contributed by atoms with van der Waals surface area (Å²) < 4.78 is 11.1. The second kappa shape index (κ2) is 7.39. The van der Waals surface area contributed by atoms with Gasteiger partial charge in [-0.1, -0.05) is 0 Å². The minimum Gasteiger partial charge on any atom is -0.465 e. The van der Waals surface area contributed by atoms with Gasteiger partial charge >= 0.3 is 11.9 Å². The van der Waals surface area contributed by atoms with Crippen molar-refractivity contribution in [1.29, 1.82) is 0 Å². The third kappa shape index (κ3) is 3.22. The van der Waals surface area contributed by atoms with Crippen LogP contribution >= 0.6 is 11.3 Å². The zero-order valence-corrected chi connectivity index (χ0v) is 16.8. The van der Waals surface area contributed by atoms with E-state index in [-0.39, 0.29) is 21.0 Å². The number of thiophene rings is 1. The van der Waals surface area contributed by atoms with Crippen LogP contribution in [0, 0.1) is 20.8 Å². The van der Waals surface area contributed by atoms with Crippen molar-refractivity contribution in [2.75, 3.05) is 19.5 Å². The molecule has 0 atom stereocenters. The fraction of sp³-hybridized carbons (Fsp3) is 0.278. The number of fused-ring (bicyclic) bond motifs is 1. The van der Waals surface area contributed by atoms with Crippen molar-refractivity contribution >= 4 is 39.8 Å². The Labute approximate surface area is 164 Å². The van der Waals surface area contributed by atoms with E-state index >= 15 is 0 Å². The maximum atomic E-state index is 12.9. The molecule has 9 nitrogen and oxygen atoms in total. The lowest BCUT2D eigenvalue weighted by Gasteiger charge is -2.06. The second-order valence-corrected chi connectivity index (χ2v) is 7.05. The molecule has 0 spiro atoms. The van der Waals surface area contributed by atoms with Crippen molar-refractivity contribution in [3.05, 3.63) is 45.2 Å². The van der Waals surface area contributed by atoms with Crippen LogP contribution in [0.3, 0.4) is 0 Å². The maximum Gasteiger partial charge on any atom is 0.348 e. The number of nitrogens with one attached hydrogen (secondary N) is 1. The largest absolute Gasteiger partial charge is 0.465 e. The molecule has 3 heterocycles. The smallest absolute Gasteiger partial charge is 0.348 e. The molecule has 0 bridgehead atoms. The SMILES string of the molecule is COC(=O)c1sc(NC(=O)c2cnn3c(C)cc(C)nc23)c(C(=O)OC)c1C. The monoisotopic (exact) mass is 402 g/mol. The first kappa shape index (κ1) is 19.5. The van der Waals surface area contributed by atoms with Crippen molar-refractivity contribution in [2.45, 2.75) is 20.8 Å². The summed E-state index contributed by atoms with van der Waals surface area (Å²) in [6, 6.07) is 1.85. The van der Waals surface area contributed by atoms with Gasteiger partial charge in [0.25, 0.3) is 5.91 Å². The van der Waals surface area contributed by atoms with Crippen molar-refractivity contribution in [1.82, 2.24) is 14.6 Å². The highest BCUT2D eigenvalue weighted by atomic mass is 32.1. The quantitative estimate of drug-likeness (QED) is 0.667. The first-order valence-electron chi connectivity index (χ1n) is 8.21. The Morgan fingerprint density at radius 1 is 1.11 bits per heavy atom. The minimum absolute atomic E-state index is 0.109. The highest BCUT2D eigenvalue weighted by molar-refractivity contribution is 7.18. The van der Waals surface area contributed by atoms with E-state index in [4.69, 9.17) is 9.47 Å². The molecule has 146 valence electrons. The van der Waals surface area contributed by atoms with E-state index in [1.165, 1.54) is 20.4 Å². The predicted octanol–water partition coefficient (Wildman–Crippen LogP) is 2.54. The molecular formula is C18H18N4O5S. The van der Waals surface area contributed by atoms with Crippen LogP contribution in [0.4, 0.5) is 5.00 Å². The predicted molar refractivity (Wildman–Crippen MR) is 102 cm³/mol. The molecule has 0 aliphatic carbocycles. The van der Waals surface area contributed by atoms with Gasteiger partial charge in [0.15, 0.2) is 5.65 Å². The molecule has 1 amide bonds. The number of rotatable bonds is 4. The highest BCUT2D eigenvalue weighted by Crippen LogP contribution is 2.34. The van der Waals surface area contributed by atoms with E-state index in [1.807, 2.05) is 19.9 Å². The van der Waals surface area contributed by atoms with E-state index in [1.54, 1.807) is 11.4 Å². The summed E-state index contributed by atoms with van der Waals surface area (Å²) in [6.07, 6.45) is 1.41. The van der Waals surface area contributed by atoms with Crippen LogP contribution < -0.4 is 5.32 Å². The highest BCUT2D eigenvalue weighted by Gasteiger charge is 2.27. The van der Waals surface area contributed by atoms with E-state index in [2.05, 4.69) is 15.4 Å². The van der Waals surface area contributed by atoms with Gasteiger partial charge in [0.2, 0.25) is 0 Å². The number of anilines is 1. The molecule has 0 aromatic carbocycles. The van der Waals surface area contributed by atoms with Gasteiger partial charge < -0.3 is 14.8 Å². The van der Waals surface area contributed by atoms with Crippen LogP contribution in [0.15, 0.2) is 12.3 Å². The van der Waals surface area contributed by atoms with E-state index < -0.39 is 17.8 Å². The number of hydrogen-bond donors (Lipinski definition) is 1. The van der Waals surface area contributed by atoms with Gasteiger partial charge in [-0.25, -0.2) is 19.1 Å². The molecule has 0 saturated heterocycles. The lowest BCUT2D eigenvalue weighted by molar-refractivity contribution is 0.0601. The number of carbonyl (C=O) groups is 3. The van der Waals surface area contributed by atoms with Crippen LogP contribution in [0.2, 0.25) is 0 Å². The molecule has 28 heavy (non-hydrogen) atoms. The summed E-state index contributed by atoms with van der Waals surface area (Å²) in [5.74, 6) is -1.77. The minimum atomic E-state index is -0.663. The summed E-state index contributed by atoms with van der Waals surface area (Å²) in [4.78, 5) is 41.6. The first-order chi connectivity index (χ1) is 13.3. The van der Waals surface area contributed by atoms with Crippen LogP contribution in [0.25, 0.3) is 5.65 Å². The molecule has 0 aliphatic rings. The fourth-order valence-electron chi connectivity index (χ4n) is 2.84. The summed E-state index contributed by atoms with van der Waals surface area (Å²) >= 11 is 0.945. The van der Waals surface area contributed by atoms with Crippen molar-refractivity contribution < 1.29 is 23.9 Å². The number of carbonyl (C=O) groups excluding carboxylic acids is 3.